The average Bonchev–Trinajstić information content (AvgIpc) is 2.28. The summed E-state index contributed by atoms with van der Waals surface area (Å²) in [6, 6.07) is 9.07. The molecule has 0 aromatic heterocycles. The third kappa shape index (κ3) is 2.86. The van der Waals surface area contributed by atoms with Gasteiger partial charge in [-0.25, -0.2) is 0 Å². The van der Waals surface area contributed by atoms with Crippen molar-refractivity contribution in [1.29, 1.82) is 0 Å². The molecular weight excluding hydrogens is 212 g/mol. The maximum absolute atomic E-state index is 11.1. The van der Waals surface area contributed by atoms with Gasteiger partial charge in [0, 0.05) is 13.1 Å². The third-order valence-corrected chi connectivity index (χ3v) is 3.60. The molecular formula is C14H20N2O. The first-order valence-corrected chi connectivity index (χ1v) is 6.20. The van der Waals surface area contributed by atoms with Gasteiger partial charge in [0.15, 0.2) is 0 Å². The Labute approximate surface area is 103 Å². The molecule has 0 unspecified atom stereocenters. The summed E-state index contributed by atoms with van der Waals surface area (Å²) in [4.78, 5) is 11.1. The molecule has 0 aliphatic heterocycles. The van der Waals surface area contributed by atoms with Crippen LogP contribution in [0.15, 0.2) is 24.3 Å². The number of amides is 1. The number of benzene rings is 1. The summed E-state index contributed by atoms with van der Waals surface area (Å²) in [6.07, 6.45) is 2.28. The normalized spacial score (nSPS) is 22.9. The standard InChI is InChI=1S/C14H20N2O/c1-10-5-3-4-6-13(10)11-7-12(8-11)16-9-14(17)15-2/h3-6,11-12,16H,7-9H2,1-2H3,(H,15,17). The first-order chi connectivity index (χ1) is 8.20. The molecule has 2 N–H and O–H groups in total. The van der Waals surface area contributed by atoms with Gasteiger partial charge in [0.25, 0.3) is 0 Å². The van der Waals surface area contributed by atoms with Gasteiger partial charge in [-0.3, -0.25) is 4.79 Å². The topological polar surface area (TPSA) is 41.1 Å². The minimum absolute atomic E-state index is 0.0596. The van der Waals surface area contributed by atoms with Crippen LogP contribution in [0.1, 0.15) is 29.9 Å². The highest BCUT2D eigenvalue weighted by Gasteiger charge is 2.30. The minimum Gasteiger partial charge on any atom is -0.358 e. The van der Waals surface area contributed by atoms with Crippen molar-refractivity contribution < 1.29 is 4.79 Å². The quantitative estimate of drug-likeness (QED) is 0.827. The summed E-state index contributed by atoms with van der Waals surface area (Å²) >= 11 is 0. The highest BCUT2D eigenvalue weighted by molar-refractivity contribution is 5.77. The van der Waals surface area contributed by atoms with Crippen molar-refractivity contribution in [2.45, 2.75) is 31.7 Å². The van der Waals surface area contributed by atoms with Gasteiger partial charge in [0.1, 0.15) is 0 Å². The Morgan fingerprint density at radius 3 is 2.71 bits per heavy atom. The molecule has 3 heteroatoms. The Kier molecular flexibility index (Phi) is 3.79. The van der Waals surface area contributed by atoms with Gasteiger partial charge in [-0.05, 0) is 36.8 Å². The Morgan fingerprint density at radius 1 is 1.35 bits per heavy atom. The monoisotopic (exact) mass is 232 g/mol. The number of nitrogens with one attached hydrogen (secondary N) is 2. The van der Waals surface area contributed by atoms with Gasteiger partial charge in [-0.2, -0.15) is 0 Å². The number of likely N-dealkylation sites (N-methyl/N-ethyl adjacent to an activating group) is 1. The first kappa shape index (κ1) is 12.1. The van der Waals surface area contributed by atoms with E-state index in [1.165, 1.54) is 11.1 Å². The maximum atomic E-state index is 11.1. The molecule has 2 rings (SSSR count). The van der Waals surface area contributed by atoms with E-state index in [0.29, 0.717) is 18.5 Å². The molecule has 92 valence electrons. The molecule has 1 aliphatic rings. The van der Waals surface area contributed by atoms with E-state index < -0.39 is 0 Å². The van der Waals surface area contributed by atoms with Crippen LogP contribution in [-0.2, 0) is 4.79 Å². The summed E-state index contributed by atoms with van der Waals surface area (Å²) in [5.74, 6) is 0.725. The van der Waals surface area contributed by atoms with Crippen LogP contribution in [0.4, 0.5) is 0 Å². The van der Waals surface area contributed by atoms with Crippen LogP contribution in [0.25, 0.3) is 0 Å². The van der Waals surface area contributed by atoms with E-state index in [-0.39, 0.29) is 5.91 Å². The average molecular weight is 232 g/mol. The minimum atomic E-state index is 0.0596. The fourth-order valence-electron chi connectivity index (χ4n) is 2.41. The van der Waals surface area contributed by atoms with Crippen LogP contribution < -0.4 is 10.6 Å². The number of rotatable bonds is 4. The number of carbonyl (C=O) groups is 1. The lowest BCUT2D eigenvalue weighted by Crippen LogP contribution is -2.44. The van der Waals surface area contributed by atoms with Gasteiger partial charge in [0.05, 0.1) is 6.54 Å². The molecule has 17 heavy (non-hydrogen) atoms. The lowest BCUT2D eigenvalue weighted by atomic mass is 9.74. The van der Waals surface area contributed by atoms with Crippen LogP contribution in [0.5, 0.6) is 0 Å². The van der Waals surface area contributed by atoms with Crippen molar-refractivity contribution in [1.82, 2.24) is 10.6 Å². The second kappa shape index (κ2) is 5.32. The molecule has 0 radical (unpaired) electrons. The van der Waals surface area contributed by atoms with E-state index in [2.05, 4.69) is 41.8 Å². The summed E-state index contributed by atoms with van der Waals surface area (Å²) in [7, 11) is 1.67. The zero-order valence-corrected chi connectivity index (χ0v) is 10.5. The van der Waals surface area contributed by atoms with Crippen molar-refractivity contribution in [3.05, 3.63) is 35.4 Å². The van der Waals surface area contributed by atoms with Crippen LogP contribution in [-0.4, -0.2) is 25.5 Å². The van der Waals surface area contributed by atoms with Crippen LogP contribution in [0.3, 0.4) is 0 Å². The smallest absolute Gasteiger partial charge is 0.233 e. The molecule has 3 nitrogen and oxygen atoms in total. The van der Waals surface area contributed by atoms with E-state index >= 15 is 0 Å². The first-order valence-electron chi connectivity index (χ1n) is 6.20. The van der Waals surface area contributed by atoms with Crippen LogP contribution >= 0.6 is 0 Å². The number of carbonyl (C=O) groups excluding carboxylic acids is 1. The molecule has 0 heterocycles. The summed E-state index contributed by atoms with van der Waals surface area (Å²) < 4.78 is 0. The molecule has 0 bridgehead atoms. The van der Waals surface area contributed by atoms with Crippen LogP contribution in [0, 0.1) is 6.92 Å². The highest BCUT2D eigenvalue weighted by Crippen LogP contribution is 2.38. The number of hydrogen-bond acceptors (Lipinski definition) is 2. The van der Waals surface area contributed by atoms with Gasteiger partial charge in [0.2, 0.25) is 5.91 Å². The molecule has 0 spiro atoms. The Balaban J connectivity index is 1.79. The molecule has 0 atom stereocenters. The predicted molar refractivity (Wildman–Crippen MR) is 69.0 cm³/mol. The molecule has 1 aliphatic carbocycles. The van der Waals surface area contributed by atoms with Crippen molar-refractivity contribution >= 4 is 5.91 Å². The van der Waals surface area contributed by atoms with E-state index in [1.807, 2.05) is 0 Å². The summed E-state index contributed by atoms with van der Waals surface area (Å²) in [6.45, 7) is 2.60. The molecule has 1 fully saturated rings. The Bertz CT molecular complexity index is 397. The van der Waals surface area contributed by atoms with Crippen LogP contribution in [0.2, 0.25) is 0 Å². The summed E-state index contributed by atoms with van der Waals surface area (Å²) in [5, 5.41) is 5.90. The van der Waals surface area contributed by atoms with Gasteiger partial charge in [-0.15, -0.1) is 0 Å². The van der Waals surface area contributed by atoms with Crippen molar-refractivity contribution in [2.24, 2.45) is 0 Å². The number of hydrogen-bond donors (Lipinski definition) is 2. The Hall–Kier alpha value is -1.35. The molecule has 1 saturated carbocycles. The molecule has 1 aromatic rings. The van der Waals surface area contributed by atoms with Gasteiger partial charge >= 0.3 is 0 Å². The zero-order chi connectivity index (χ0) is 12.3. The Morgan fingerprint density at radius 2 is 2.06 bits per heavy atom. The highest BCUT2D eigenvalue weighted by atomic mass is 16.1. The third-order valence-electron chi connectivity index (χ3n) is 3.60. The molecule has 1 aromatic carbocycles. The molecule has 0 saturated heterocycles. The largest absolute Gasteiger partial charge is 0.358 e. The fourth-order valence-corrected chi connectivity index (χ4v) is 2.41. The van der Waals surface area contributed by atoms with Crippen molar-refractivity contribution in [3.63, 3.8) is 0 Å². The predicted octanol–water partition coefficient (Wildman–Crippen LogP) is 1.58. The van der Waals surface area contributed by atoms with E-state index in [0.717, 1.165) is 12.8 Å². The van der Waals surface area contributed by atoms with E-state index in [1.54, 1.807) is 7.05 Å². The lowest BCUT2D eigenvalue weighted by Gasteiger charge is -2.37. The van der Waals surface area contributed by atoms with E-state index in [4.69, 9.17) is 0 Å². The van der Waals surface area contributed by atoms with Crippen molar-refractivity contribution in [2.75, 3.05) is 13.6 Å². The summed E-state index contributed by atoms with van der Waals surface area (Å²) in [5.41, 5.74) is 2.84. The van der Waals surface area contributed by atoms with Crippen molar-refractivity contribution in [3.8, 4) is 0 Å². The van der Waals surface area contributed by atoms with Gasteiger partial charge < -0.3 is 10.6 Å². The second-order valence-corrected chi connectivity index (χ2v) is 4.78. The number of aryl methyl sites for hydroxylation is 1. The SMILES string of the molecule is CNC(=O)CNC1CC(c2ccccc2C)C1. The zero-order valence-electron chi connectivity index (χ0n) is 10.5. The lowest BCUT2D eigenvalue weighted by molar-refractivity contribution is -0.120. The molecule has 1 amide bonds. The fraction of sp³-hybridized carbons (Fsp3) is 0.500. The second-order valence-electron chi connectivity index (χ2n) is 4.78. The van der Waals surface area contributed by atoms with E-state index in [9.17, 15) is 4.79 Å². The maximum Gasteiger partial charge on any atom is 0.233 e. The van der Waals surface area contributed by atoms with Gasteiger partial charge in [-0.1, -0.05) is 24.3 Å².